The summed E-state index contributed by atoms with van der Waals surface area (Å²) in [5, 5.41) is 13.2. The van der Waals surface area contributed by atoms with Crippen LogP contribution in [0.15, 0.2) is 28.8 Å². The fraction of sp³-hybridized carbons (Fsp3) is 0.438. The lowest BCUT2D eigenvalue weighted by Crippen LogP contribution is -2.03. The Hall–Kier alpha value is -2.17. The van der Waals surface area contributed by atoms with Crippen molar-refractivity contribution in [3.05, 3.63) is 47.1 Å². The Morgan fingerprint density at radius 2 is 2.00 bits per heavy atom. The van der Waals surface area contributed by atoms with E-state index in [9.17, 15) is 9.90 Å². The van der Waals surface area contributed by atoms with Gasteiger partial charge in [0.2, 0.25) is 5.89 Å². The summed E-state index contributed by atoms with van der Waals surface area (Å²) in [6, 6.07) is 8.15. The Balaban J connectivity index is 1.75. The summed E-state index contributed by atoms with van der Waals surface area (Å²) < 4.78 is 5.28. The molecule has 1 aromatic heterocycles. The van der Waals surface area contributed by atoms with E-state index in [-0.39, 0.29) is 11.3 Å². The number of carboxylic acid groups (broad SMARTS) is 1. The number of aryl methyl sites for hydroxylation is 1. The summed E-state index contributed by atoms with van der Waals surface area (Å²) in [5.41, 5.74) is 1.99. The van der Waals surface area contributed by atoms with E-state index in [1.165, 1.54) is 5.56 Å². The number of aromatic nitrogens is 2. The van der Waals surface area contributed by atoms with Crippen LogP contribution in [-0.2, 0) is 11.2 Å². The molecule has 0 bridgehead atoms. The second kappa shape index (κ2) is 4.69. The van der Waals surface area contributed by atoms with Crippen molar-refractivity contribution in [2.75, 3.05) is 0 Å². The minimum absolute atomic E-state index is 0.186. The molecule has 2 aromatic rings. The Morgan fingerprint density at radius 1 is 1.33 bits per heavy atom. The van der Waals surface area contributed by atoms with Crippen molar-refractivity contribution in [1.82, 2.24) is 10.1 Å². The predicted octanol–water partition coefficient (Wildman–Crippen LogP) is 2.79. The zero-order valence-electron chi connectivity index (χ0n) is 12.3. The summed E-state index contributed by atoms with van der Waals surface area (Å²) >= 11 is 0. The number of nitrogens with zero attached hydrogens (tertiary/aromatic N) is 2. The number of carboxylic acids is 1. The van der Waals surface area contributed by atoms with E-state index < -0.39 is 11.9 Å². The van der Waals surface area contributed by atoms with Crippen molar-refractivity contribution in [3.8, 4) is 0 Å². The zero-order valence-corrected chi connectivity index (χ0v) is 12.3. The van der Waals surface area contributed by atoms with Crippen molar-refractivity contribution >= 4 is 5.97 Å². The van der Waals surface area contributed by atoms with Crippen molar-refractivity contribution < 1.29 is 14.4 Å². The highest BCUT2D eigenvalue weighted by Gasteiger charge is 2.65. The van der Waals surface area contributed by atoms with Crippen LogP contribution in [0.3, 0.4) is 0 Å². The summed E-state index contributed by atoms with van der Waals surface area (Å²) in [5.74, 6) is -0.391. The van der Waals surface area contributed by atoms with Gasteiger partial charge in [0.15, 0.2) is 5.82 Å². The van der Waals surface area contributed by atoms with Crippen LogP contribution in [0.1, 0.15) is 42.6 Å². The first-order valence-corrected chi connectivity index (χ1v) is 7.00. The van der Waals surface area contributed by atoms with Crippen LogP contribution in [0.4, 0.5) is 0 Å². The third-order valence-electron chi connectivity index (χ3n) is 4.33. The Kier molecular flexibility index (Phi) is 3.08. The minimum Gasteiger partial charge on any atom is -0.481 e. The molecule has 1 aliphatic carbocycles. The molecule has 1 aromatic carbocycles. The minimum atomic E-state index is -0.803. The number of aliphatic carboxylic acids is 1. The van der Waals surface area contributed by atoms with Crippen molar-refractivity contribution in [2.24, 2.45) is 11.3 Å². The van der Waals surface area contributed by atoms with Crippen LogP contribution in [-0.4, -0.2) is 21.2 Å². The number of hydrogen-bond acceptors (Lipinski definition) is 4. The Labute approximate surface area is 123 Å². The van der Waals surface area contributed by atoms with E-state index >= 15 is 0 Å². The molecular formula is C16H18N2O3. The van der Waals surface area contributed by atoms with Crippen LogP contribution in [0.2, 0.25) is 0 Å². The number of carbonyl (C=O) groups is 1. The van der Waals surface area contributed by atoms with Crippen LogP contribution in [0, 0.1) is 18.3 Å². The number of rotatable bonds is 4. The van der Waals surface area contributed by atoms with Gasteiger partial charge in [0.25, 0.3) is 0 Å². The molecular weight excluding hydrogens is 268 g/mol. The quantitative estimate of drug-likeness (QED) is 0.935. The zero-order chi connectivity index (χ0) is 15.2. The average molecular weight is 286 g/mol. The number of hydrogen-bond donors (Lipinski definition) is 1. The van der Waals surface area contributed by atoms with Gasteiger partial charge in [-0.1, -0.05) is 48.8 Å². The van der Waals surface area contributed by atoms with Gasteiger partial charge in [0.05, 0.1) is 11.8 Å². The summed E-state index contributed by atoms with van der Waals surface area (Å²) in [6.45, 7) is 5.87. The van der Waals surface area contributed by atoms with Crippen LogP contribution in [0.5, 0.6) is 0 Å². The van der Waals surface area contributed by atoms with Gasteiger partial charge in [-0.2, -0.15) is 4.98 Å². The first kappa shape index (κ1) is 13.8. The molecule has 0 aliphatic heterocycles. The highest BCUT2D eigenvalue weighted by Crippen LogP contribution is 2.63. The van der Waals surface area contributed by atoms with E-state index in [1.807, 2.05) is 45.0 Å². The molecule has 0 spiro atoms. The smallest absolute Gasteiger partial charge is 0.307 e. The molecule has 110 valence electrons. The fourth-order valence-corrected chi connectivity index (χ4v) is 2.91. The molecule has 1 N–H and O–H groups in total. The highest BCUT2D eigenvalue weighted by molar-refractivity contribution is 5.77. The molecule has 2 unspecified atom stereocenters. The third-order valence-corrected chi connectivity index (χ3v) is 4.33. The maximum absolute atomic E-state index is 11.2. The summed E-state index contributed by atoms with van der Waals surface area (Å²) in [6.07, 6.45) is 0.592. The third kappa shape index (κ3) is 2.44. The molecule has 1 fully saturated rings. The van der Waals surface area contributed by atoms with Gasteiger partial charge in [0.1, 0.15) is 0 Å². The lowest BCUT2D eigenvalue weighted by Gasteiger charge is -1.97. The lowest BCUT2D eigenvalue weighted by atomic mass is 10.1. The molecule has 1 aliphatic rings. The highest BCUT2D eigenvalue weighted by atomic mass is 16.5. The van der Waals surface area contributed by atoms with Gasteiger partial charge in [-0.3, -0.25) is 4.79 Å². The normalized spacial score (nSPS) is 23.0. The van der Waals surface area contributed by atoms with Crippen molar-refractivity contribution in [2.45, 2.75) is 33.1 Å². The van der Waals surface area contributed by atoms with E-state index in [4.69, 9.17) is 4.52 Å². The molecule has 3 rings (SSSR count). The van der Waals surface area contributed by atoms with Gasteiger partial charge >= 0.3 is 5.97 Å². The van der Waals surface area contributed by atoms with E-state index in [1.54, 1.807) is 0 Å². The molecule has 0 amide bonds. The topological polar surface area (TPSA) is 76.2 Å². The van der Waals surface area contributed by atoms with Gasteiger partial charge in [-0.15, -0.1) is 0 Å². The molecule has 1 saturated carbocycles. The molecule has 5 heteroatoms. The monoisotopic (exact) mass is 286 g/mol. The second-order valence-corrected chi connectivity index (χ2v) is 6.33. The van der Waals surface area contributed by atoms with Gasteiger partial charge in [-0.25, -0.2) is 0 Å². The summed E-state index contributed by atoms with van der Waals surface area (Å²) in [7, 11) is 0. The molecule has 0 radical (unpaired) electrons. The predicted molar refractivity (Wildman–Crippen MR) is 75.9 cm³/mol. The van der Waals surface area contributed by atoms with E-state index in [2.05, 4.69) is 10.1 Å². The molecule has 5 nitrogen and oxygen atoms in total. The van der Waals surface area contributed by atoms with Crippen LogP contribution < -0.4 is 0 Å². The van der Waals surface area contributed by atoms with Crippen molar-refractivity contribution in [3.63, 3.8) is 0 Å². The number of benzene rings is 1. The van der Waals surface area contributed by atoms with E-state index in [0.717, 1.165) is 5.56 Å². The lowest BCUT2D eigenvalue weighted by molar-refractivity contribution is -0.139. The first-order valence-electron chi connectivity index (χ1n) is 7.00. The average Bonchev–Trinajstić information content (AvgIpc) is 2.78. The Bertz CT molecular complexity index is 673. The summed E-state index contributed by atoms with van der Waals surface area (Å²) in [4.78, 5) is 15.6. The maximum Gasteiger partial charge on any atom is 0.307 e. The molecule has 1 heterocycles. The molecule has 21 heavy (non-hydrogen) atoms. The Morgan fingerprint density at radius 3 is 2.57 bits per heavy atom. The molecule has 0 saturated heterocycles. The van der Waals surface area contributed by atoms with Crippen LogP contribution in [0.25, 0.3) is 0 Å². The van der Waals surface area contributed by atoms with Crippen molar-refractivity contribution in [1.29, 1.82) is 0 Å². The van der Waals surface area contributed by atoms with Gasteiger partial charge < -0.3 is 9.63 Å². The molecule has 2 atom stereocenters. The largest absolute Gasteiger partial charge is 0.481 e. The standard InChI is InChI=1S/C16H18N2O3/c1-9-4-6-10(7-5-9)8-11-17-14(21-18-11)12-13(15(19)20)16(12,2)3/h4-7,12-13H,8H2,1-3H3,(H,19,20). The van der Waals surface area contributed by atoms with Crippen LogP contribution >= 0.6 is 0 Å². The van der Waals surface area contributed by atoms with E-state index in [0.29, 0.717) is 18.1 Å². The van der Waals surface area contributed by atoms with Gasteiger partial charge in [-0.05, 0) is 17.9 Å². The van der Waals surface area contributed by atoms with Gasteiger partial charge in [0, 0.05) is 6.42 Å². The second-order valence-electron chi connectivity index (χ2n) is 6.33. The SMILES string of the molecule is Cc1ccc(Cc2noc(C3C(C(=O)O)C3(C)C)n2)cc1. The fourth-order valence-electron chi connectivity index (χ4n) is 2.91. The maximum atomic E-state index is 11.2. The first-order chi connectivity index (χ1) is 9.89.